The summed E-state index contributed by atoms with van der Waals surface area (Å²) in [6.45, 7) is 4.36. The Morgan fingerprint density at radius 3 is 2.47 bits per heavy atom. The van der Waals surface area contributed by atoms with Gasteiger partial charge in [0.25, 0.3) is 0 Å². The van der Waals surface area contributed by atoms with Gasteiger partial charge in [-0.15, -0.1) is 0 Å². The second-order valence-electron chi connectivity index (χ2n) is 3.22. The average Bonchev–Trinajstić information content (AvgIpc) is 2.18. The molecule has 0 bridgehead atoms. The molecule has 1 heterocycles. The van der Waals surface area contributed by atoms with Crippen LogP contribution >= 0.6 is 0 Å². The molecular formula is C10H17N3O2. The number of methoxy groups -OCH3 is 2. The van der Waals surface area contributed by atoms with Gasteiger partial charge in [-0.1, -0.05) is 0 Å². The zero-order valence-electron chi connectivity index (χ0n) is 9.57. The Hall–Kier alpha value is -1.20. The fourth-order valence-electron chi connectivity index (χ4n) is 1.26. The Labute approximate surface area is 89.8 Å². The third kappa shape index (κ3) is 3.81. The lowest BCUT2D eigenvalue weighted by Gasteiger charge is -2.14. The predicted molar refractivity (Wildman–Crippen MR) is 57.8 cm³/mol. The molecule has 0 unspecified atom stereocenters. The van der Waals surface area contributed by atoms with Gasteiger partial charge in [0, 0.05) is 26.0 Å². The number of hydrogen-bond acceptors (Lipinski definition) is 5. The van der Waals surface area contributed by atoms with Crippen molar-refractivity contribution in [2.45, 2.75) is 20.1 Å². The summed E-state index contributed by atoms with van der Waals surface area (Å²) in [6, 6.07) is 1.88. The molecule has 0 aliphatic rings. The van der Waals surface area contributed by atoms with Crippen molar-refractivity contribution in [3.05, 3.63) is 17.6 Å². The largest absolute Gasteiger partial charge is 0.365 e. The molecule has 5 heteroatoms. The molecule has 0 amide bonds. The van der Waals surface area contributed by atoms with Crippen LogP contribution in [0.3, 0.4) is 0 Å². The van der Waals surface area contributed by atoms with Gasteiger partial charge in [-0.25, -0.2) is 9.97 Å². The zero-order chi connectivity index (χ0) is 11.3. The molecule has 0 aliphatic heterocycles. The van der Waals surface area contributed by atoms with Gasteiger partial charge in [0.15, 0.2) is 6.29 Å². The minimum absolute atomic E-state index is 0.263. The van der Waals surface area contributed by atoms with Crippen LogP contribution in [0.15, 0.2) is 6.07 Å². The number of nitrogens with zero attached hydrogens (tertiary/aromatic N) is 2. The molecule has 5 nitrogen and oxygen atoms in total. The number of anilines is 1. The molecule has 0 radical (unpaired) electrons. The third-order valence-corrected chi connectivity index (χ3v) is 1.94. The number of ether oxygens (including phenoxy) is 2. The van der Waals surface area contributed by atoms with Gasteiger partial charge < -0.3 is 14.8 Å². The maximum Gasteiger partial charge on any atom is 0.173 e. The maximum atomic E-state index is 5.05. The van der Waals surface area contributed by atoms with Crippen molar-refractivity contribution >= 4 is 5.82 Å². The van der Waals surface area contributed by atoms with E-state index in [1.807, 2.05) is 19.9 Å². The van der Waals surface area contributed by atoms with E-state index in [-0.39, 0.29) is 6.29 Å². The average molecular weight is 211 g/mol. The summed E-state index contributed by atoms with van der Waals surface area (Å²) in [6.07, 6.45) is -0.263. The molecular weight excluding hydrogens is 194 g/mol. The van der Waals surface area contributed by atoms with Crippen LogP contribution in [0.2, 0.25) is 0 Å². The van der Waals surface area contributed by atoms with Crippen LogP contribution in [0.1, 0.15) is 11.5 Å². The van der Waals surface area contributed by atoms with Crippen LogP contribution in [0, 0.1) is 13.8 Å². The van der Waals surface area contributed by atoms with Crippen molar-refractivity contribution in [2.24, 2.45) is 0 Å². The molecule has 0 atom stereocenters. The van der Waals surface area contributed by atoms with Gasteiger partial charge in [-0.05, 0) is 13.8 Å². The van der Waals surface area contributed by atoms with Crippen molar-refractivity contribution in [1.29, 1.82) is 0 Å². The molecule has 1 N–H and O–H groups in total. The second-order valence-corrected chi connectivity index (χ2v) is 3.22. The quantitative estimate of drug-likeness (QED) is 0.740. The Morgan fingerprint density at radius 1 is 1.27 bits per heavy atom. The molecule has 0 spiro atoms. The van der Waals surface area contributed by atoms with Crippen LogP contribution in [0.5, 0.6) is 0 Å². The highest BCUT2D eigenvalue weighted by molar-refractivity contribution is 5.35. The highest BCUT2D eigenvalue weighted by Crippen LogP contribution is 2.05. The van der Waals surface area contributed by atoms with E-state index in [2.05, 4.69) is 15.3 Å². The summed E-state index contributed by atoms with van der Waals surface area (Å²) < 4.78 is 10.1. The van der Waals surface area contributed by atoms with Crippen molar-refractivity contribution < 1.29 is 9.47 Å². The van der Waals surface area contributed by atoms with E-state index < -0.39 is 0 Å². The minimum Gasteiger partial charge on any atom is -0.365 e. The summed E-state index contributed by atoms with van der Waals surface area (Å²) in [5, 5.41) is 3.13. The molecule has 1 aromatic heterocycles. The number of aromatic nitrogens is 2. The first-order valence-electron chi connectivity index (χ1n) is 4.77. The van der Waals surface area contributed by atoms with Gasteiger partial charge in [0.2, 0.25) is 0 Å². The smallest absolute Gasteiger partial charge is 0.173 e. The summed E-state index contributed by atoms with van der Waals surface area (Å²) in [5.41, 5.74) is 0.941. The number of hydrogen-bond donors (Lipinski definition) is 1. The van der Waals surface area contributed by atoms with E-state index in [4.69, 9.17) is 9.47 Å². The van der Waals surface area contributed by atoms with Crippen LogP contribution in [0.25, 0.3) is 0 Å². The van der Waals surface area contributed by atoms with E-state index in [0.29, 0.717) is 6.54 Å². The fourth-order valence-corrected chi connectivity index (χ4v) is 1.26. The fraction of sp³-hybridized carbons (Fsp3) is 0.600. The van der Waals surface area contributed by atoms with E-state index in [0.717, 1.165) is 17.3 Å². The lowest BCUT2D eigenvalue weighted by Crippen LogP contribution is -2.24. The zero-order valence-corrected chi connectivity index (χ0v) is 9.57. The SMILES string of the molecule is COC(CNc1cc(C)nc(C)n1)OC. The van der Waals surface area contributed by atoms with Crippen LogP contribution in [0.4, 0.5) is 5.82 Å². The Balaban J connectivity index is 2.57. The molecule has 1 rings (SSSR count). The maximum absolute atomic E-state index is 5.05. The highest BCUT2D eigenvalue weighted by Gasteiger charge is 2.05. The van der Waals surface area contributed by atoms with Crippen LogP contribution in [-0.4, -0.2) is 37.0 Å². The predicted octanol–water partition coefficient (Wildman–Crippen LogP) is 1.12. The molecule has 15 heavy (non-hydrogen) atoms. The van der Waals surface area contributed by atoms with Crippen molar-refractivity contribution in [3.8, 4) is 0 Å². The van der Waals surface area contributed by atoms with Crippen molar-refractivity contribution in [1.82, 2.24) is 9.97 Å². The summed E-state index contributed by atoms with van der Waals surface area (Å²) >= 11 is 0. The van der Waals surface area contributed by atoms with Crippen molar-refractivity contribution in [2.75, 3.05) is 26.1 Å². The van der Waals surface area contributed by atoms with E-state index in [1.165, 1.54) is 0 Å². The lowest BCUT2D eigenvalue weighted by atomic mass is 10.4. The van der Waals surface area contributed by atoms with Gasteiger partial charge in [-0.3, -0.25) is 0 Å². The minimum atomic E-state index is -0.263. The summed E-state index contributed by atoms with van der Waals surface area (Å²) in [4.78, 5) is 8.43. The standard InChI is InChI=1S/C10H17N3O2/c1-7-5-9(13-8(2)12-7)11-6-10(14-3)15-4/h5,10H,6H2,1-4H3,(H,11,12,13). The molecule has 0 saturated heterocycles. The van der Waals surface area contributed by atoms with E-state index in [1.54, 1.807) is 14.2 Å². The first kappa shape index (κ1) is 11.9. The molecule has 0 aromatic carbocycles. The lowest BCUT2D eigenvalue weighted by molar-refractivity contribution is -0.0914. The van der Waals surface area contributed by atoms with Gasteiger partial charge in [0.05, 0.1) is 6.54 Å². The number of aryl methyl sites for hydroxylation is 2. The molecule has 0 fully saturated rings. The molecule has 0 saturated carbocycles. The normalized spacial score (nSPS) is 10.7. The summed E-state index contributed by atoms with van der Waals surface area (Å²) in [5.74, 6) is 1.54. The Bertz CT molecular complexity index is 293. The first-order chi connectivity index (χ1) is 7.15. The van der Waals surface area contributed by atoms with E-state index in [9.17, 15) is 0 Å². The van der Waals surface area contributed by atoms with Crippen LogP contribution in [-0.2, 0) is 9.47 Å². The second kappa shape index (κ2) is 5.63. The van der Waals surface area contributed by atoms with Gasteiger partial charge >= 0.3 is 0 Å². The van der Waals surface area contributed by atoms with Crippen LogP contribution < -0.4 is 5.32 Å². The Kier molecular flexibility index (Phi) is 4.45. The molecule has 0 aliphatic carbocycles. The van der Waals surface area contributed by atoms with Gasteiger partial charge in [0.1, 0.15) is 11.6 Å². The first-order valence-corrected chi connectivity index (χ1v) is 4.77. The molecule has 84 valence electrons. The monoisotopic (exact) mass is 211 g/mol. The Morgan fingerprint density at radius 2 is 1.93 bits per heavy atom. The summed E-state index contributed by atoms with van der Waals surface area (Å²) in [7, 11) is 3.21. The van der Waals surface area contributed by atoms with E-state index >= 15 is 0 Å². The van der Waals surface area contributed by atoms with Gasteiger partial charge in [-0.2, -0.15) is 0 Å². The third-order valence-electron chi connectivity index (χ3n) is 1.94. The topological polar surface area (TPSA) is 56.3 Å². The number of rotatable bonds is 5. The number of nitrogens with one attached hydrogen (secondary N) is 1. The highest BCUT2D eigenvalue weighted by atomic mass is 16.7. The molecule has 1 aromatic rings. The van der Waals surface area contributed by atoms with Crippen molar-refractivity contribution in [3.63, 3.8) is 0 Å².